The normalized spacial score (nSPS) is 14.7. The van der Waals surface area contributed by atoms with Gasteiger partial charge in [0.1, 0.15) is 0 Å². The van der Waals surface area contributed by atoms with Crippen LogP contribution in [0.1, 0.15) is 77.6 Å². The standard InChI is InChI=1S/C15H31IO2/c1-2-3-4-5-6-7-8-9-10-11-12-14(17)15(18)13-16/h14-15,17-18H,2-13H2,1H3/t14-,15-/m1/s1. The van der Waals surface area contributed by atoms with Crippen LogP contribution in [0.4, 0.5) is 0 Å². The summed E-state index contributed by atoms with van der Waals surface area (Å²) in [5.74, 6) is 0. The number of hydrogen-bond donors (Lipinski definition) is 2. The average Bonchev–Trinajstić information content (AvgIpc) is 2.39. The maximum atomic E-state index is 9.59. The smallest absolute Gasteiger partial charge is 0.0888 e. The lowest BCUT2D eigenvalue weighted by molar-refractivity contribution is 0.0292. The van der Waals surface area contributed by atoms with E-state index in [2.05, 4.69) is 29.5 Å². The molecule has 0 radical (unpaired) electrons. The summed E-state index contributed by atoms with van der Waals surface area (Å²) < 4.78 is 0.622. The molecule has 2 atom stereocenters. The molecule has 0 aliphatic heterocycles. The Morgan fingerprint density at radius 2 is 1.17 bits per heavy atom. The summed E-state index contributed by atoms with van der Waals surface area (Å²) in [6, 6.07) is 0. The molecular weight excluding hydrogens is 339 g/mol. The summed E-state index contributed by atoms with van der Waals surface area (Å²) in [5.41, 5.74) is 0. The van der Waals surface area contributed by atoms with Gasteiger partial charge in [-0.15, -0.1) is 0 Å². The molecule has 3 heteroatoms. The van der Waals surface area contributed by atoms with Gasteiger partial charge in [0.2, 0.25) is 0 Å². The Kier molecular flexibility index (Phi) is 14.6. The second kappa shape index (κ2) is 14.1. The molecule has 0 fully saturated rings. The van der Waals surface area contributed by atoms with E-state index in [-0.39, 0.29) is 0 Å². The molecule has 0 saturated carbocycles. The molecule has 0 rings (SSSR count). The second-order valence-corrected chi connectivity index (χ2v) is 6.14. The van der Waals surface area contributed by atoms with Crippen LogP contribution in [0.2, 0.25) is 0 Å². The van der Waals surface area contributed by atoms with Crippen molar-refractivity contribution in [1.29, 1.82) is 0 Å². The first kappa shape index (κ1) is 18.7. The van der Waals surface area contributed by atoms with Gasteiger partial charge in [-0.2, -0.15) is 0 Å². The largest absolute Gasteiger partial charge is 0.390 e. The van der Waals surface area contributed by atoms with Crippen molar-refractivity contribution in [2.24, 2.45) is 0 Å². The third kappa shape index (κ3) is 11.7. The third-order valence-corrected chi connectivity index (χ3v) is 4.36. The molecule has 0 bridgehead atoms. The minimum Gasteiger partial charge on any atom is -0.390 e. The lowest BCUT2D eigenvalue weighted by Gasteiger charge is -2.14. The fourth-order valence-electron chi connectivity index (χ4n) is 2.14. The van der Waals surface area contributed by atoms with Crippen molar-refractivity contribution < 1.29 is 10.2 Å². The van der Waals surface area contributed by atoms with Crippen molar-refractivity contribution in [3.05, 3.63) is 0 Å². The zero-order chi connectivity index (χ0) is 13.6. The highest BCUT2D eigenvalue weighted by Gasteiger charge is 2.13. The van der Waals surface area contributed by atoms with Crippen LogP contribution in [0.15, 0.2) is 0 Å². The third-order valence-electron chi connectivity index (χ3n) is 3.46. The summed E-state index contributed by atoms with van der Waals surface area (Å²) in [6.07, 6.45) is 12.8. The highest BCUT2D eigenvalue weighted by atomic mass is 127. The lowest BCUT2D eigenvalue weighted by Crippen LogP contribution is -2.26. The maximum Gasteiger partial charge on any atom is 0.0888 e. The monoisotopic (exact) mass is 370 g/mol. The molecule has 0 saturated heterocycles. The second-order valence-electron chi connectivity index (χ2n) is 5.26. The molecule has 0 aliphatic carbocycles. The quantitative estimate of drug-likeness (QED) is 0.286. The van der Waals surface area contributed by atoms with E-state index in [0.29, 0.717) is 4.43 Å². The van der Waals surface area contributed by atoms with Gasteiger partial charge in [0, 0.05) is 4.43 Å². The zero-order valence-corrected chi connectivity index (χ0v) is 14.1. The van der Waals surface area contributed by atoms with E-state index in [0.717, 1.165) is 12.8 Å². The van der Waals surface area contributed by atoms with Crippen molar-refractivity contribution in [3.8, 4) is 0 Å². The Bertz CT molecular complexity index is 165. The summed E-state index contributed by atoms with van der Waals surface area (Å²) in [4.78, 5) is 0. The molecule has 0 unspecified atom stereocenters. The summed E-state index contributed by atoms with van der Waals surface area (Å²) in [5, 5.41) is 19.0. The van der Waals surface area contributed by atoms with Gasteiger partial charge in [-0.1, -0.05) is 93.7 Å². The van der Waals surface area contributed by atoms with Crippen molar-refractivity contribution in [2.45, 2.75) is 89.8 Å². The first-order chi connectivity index (χ1) is 8.72. The molecule has 0 spiro atoms. The minimum absolute atomic E-state index is 0.518. The number of unbranched alkanes of at least 4 members (excludes halogenated alkanes) is 9. The van der Waals surface area contributed by atoms with Gasteiger partial charge in [-0.05, 0) is 6.42 Å². The highest BCUT2D eigenvalue weighted by Crippen LogP contribution is 2.13. The van der Waals surface area contributed by atoms with Crippen molar-refractivity contribution in [3.63, 3.8) is 0 Å². The van der Waals surface area contributed by atoms with Crippen LogP contribution in [0.3, 0.4) is 0 Å². The predicted molar refractivity (Wildman–Crippen MR) is 87.4 cm³/mol. The van der Waals surface area contributed by atoms with Crippen LogP contribution in [0.5, 0.6) is 0 Å². The fraction of sp³-hybridized carbons (Fsp3) is 1.00. The zero-order valence-electron chi connectivity index (χ0n) is 11.9. The van der Waals surface area contributed by atoms with Crippen molar-refractivity contribution in [2.75, 3.05) is 4.43 Å². The number of aliphatic hydroxyl groups is 2. The van der Waals surface area contributed by atoms with E-state index in [4.69, 9.17) is 0 Å². The molecule has 2 nitrogen and oxygen atoms in total. The van der Waals surface area contributed by atoms with Crippen LogP contribution in [0, 0.1) is 0 Å². The van der Waals surface area contributed by atoms with E-state index in [9.17, 15) is 10.2 Å². The van der Waals surface area contributed by atoms with Crippen LogP contribution < -0.4 is 0 Å². The highest BCUT2D eigenvalue weighted by molar-refractivity contribution is 14.1. The van der Waals surface area contributed by atoms with Crippen LogP contribution in [-0.4, -0.2) is 26.8 Å². The van der Waals surface area contributed by atoms with E-state index >= 15 is 0 Å². The Hall–Kier alpha value is 0.650. The van der Waals surface area contributed by atoms with Crippen LogP contribution >= 0.6 is 22.6 Å². The number of hydrogen-bond acceptors (Lipinski definition) is 2. The van der Waals surface area contributed by atoms with E-state index in [1.807, 2.05) is 0 Å². The molecule has 18 heavy (non-hydrogen) atoms. The van der Waals surface area contributed by atoms with Crippen molar-refractivity contribution >= 4 is 22.6 Å². The summed E-state index contributed by atoms with van der Waals surface area (Å²) in [7, 11) is 0. The van der Waals surface area contributed by atoms with E-state index in [1.165, 1.54) is 57.8 Å². The van der Waals surface area contributed by atoms with Gasteiger partial charge < -0.3 is 10.2 Å². The maximum absolute atomic E-state index is 9.59. The Morgan fingerprint density at radius 3 is 1.61 bits per heavy atom. The van der Waals surface area contributed by atoms with Gasteiger partial charge in [0.15, 0.2) is 0 Å². The molecular formula is C15H31IO2. The first-order valence-corrected chi connectivity index (χ1v) is 9.17. The van der Waals surface area contributed by atoms with Crippen LogP contribution in [0.25, 0.3) is 0 Å². The molecule has 2 N–H and O–H groups in total. The average molecular weight is 370 g/mol. The van der Waals surface area contributed by atoms with Gasteiger partial charge in [0.25, 0.3) is 0 Å². The summed E-state index contributed by atoms with van der Waals surface area (Å²) in [6.45, 7) is 2.25. The first-order valence-electron chi connectivity index (χ1n) is 7.64. The van der Waals surface area contributed by atoms with Crippen molar-refractivity contribution in [1.82, 2.24) is 0 Å². The number of halogens is 1. The lowest BCUT2D eigenvalue weighted by atomic mass is 10.0. The predicted octanol–water partition coefficient (Wildman–Crippen LogP) is 4.45. The molecule has 0 heterocycles. The van der Waals surface area contributed by atoms with E-state index in [1.54, 1.807) is 0 Å². The van der Waals surface area contributed by atoms with E-state index < -0.39 is 12.2 Å². The Labute approximate surface area is 127 Å². The number of alkyl halides is 1. The fourth-order valence-corrected chi connectivity index (χ4v) is 2.72. The molecule has 0 aromatic carbocycles. The molecule has 110 valence electrons. The van der Waals surface area contributed by atoms with Gasteiger partial charge in [-0.25, -0.2) is 0 Å². The molecule has 0 aliphatic rings. The molecule has 0 aromatic heterocycles. The number of rotatable bonds is 13. The Morgan fingerprint density at radius 1 is 0.722 bits per heavy atom. The van der Waals surface area contributed by atoms with Gasteiger partial charge in [0.05, 0.1) is 12.2 Å². The Balaban J connectivity index is 3.11. The van der Waals surface area contributed by atoms with Gasteiger partial charge in [-0.3, -0.25) is 0 Å². The topological polar surface area (TPSA) is 40.5 Å². The number of aliphatic hydroxyl groups excluding tert-OH is 2. The minimum atomic E-state index is -0.538. The SMILES string of the molecule is CCCCCCCCCCCC[C@@H](O)[C@H](O)CI. The van der Waals surface area contributed by atoms with Crippen LogP contribution in [-0.2, 0) is 0 Å². The summed E-state index contributed by atoms with van der Waals surface area (Å²) >= 11 is 2.11. The molecule has 0 amide bonds. The molecule has 0 aromatic rings. The van der Waals surface area contributed by atoms with Gasteiger partial charge >= 0.3 is 0 Å².